The first-order valence-corrected chi connectivity index (χ1v) is 13.3. The van der Waals surface area contributed by atoms with E-state index in [1.807, 2.05) is 18.2 Å². The normalized spacial score (nSPS) is 17.1. The predicted octanol–water partition coefficient (Wildman–Crippen LogP) is 2.20. The average molecular weight is 492 g/mol. The highest BCUT2D eigenvalue weighted by molar-refractivity contribution is 7.89. The summed E-state index contributed by atoms with van der Waals surface area (Å²) >= 11 is 0. The fourth-order valence-electron chi connectivity index (χ4n) is 5.15. The van der Waals surface area contributed by atoms with E-state index in [4.69, 9.17) is 0 Å². The molecule has 0 atom stereocenters. The number of aromatic nitrogens is 3. The monoisotopic (exact) mass is 491 g/mol. The molecule has 0 saturated carbocycles. The molecule has 3 heterocycles. The Hall–Kier alpha value is -3.50. The van der Waals surface area contributed by atoms with Gasteiger partial charge in [-0.1, -0.05) is 18.2 Å². The van der Waals surface area contributed by atoms with E-state index in [1.54, 1.807) is 33.7 Å². The van der Waals surface area contributed by atoms with Gasteiger partial charge in [0.1, 0.15) is 11.2 Å². The van der Waals surface area contributed by atoms with E-state index in [0.717, 1.165) is 31.2 Å². The molecule has 1 aliphatic heterocycles. The zero-order valence-corrected chi connectivity index (χ0v) is 19.9. The molecule has 2 aliphatic rings. The lowest BCUT2D eigenvalue weighted by molar-refractivity contribution is 0.0699. The van der Waals surface area contributed by atoms with Crippen molar-refractivity contribution in [2.75, 3.05) is 26.2 Å². The summed E-state index contributed by atoms with van der Waals surface area (Å²) in [6.07, 6.45) is 5.60. The van der Waals surface area contributed by atoms with Crippen LogP contribution in [-0.2, 0) is 22.9 Å². The minimum atomic E-state index is -3.63. The summed E-state index contributed by atoms with van der Waals surface area (Å²) in [4.78, 5) is 30.5. The molecule has 180 valence electrons. The number of carbonyl (C=O) groups is 1. The van der Waals surface area contributed by atoms with Gasteiger partial charge in [-0.05, 0) is 61.1 Å². The molecule has 9 nitrogen and oxygen atoms in total. The number of nitrogens with one attached hydrogen (secondary N) is 1. The molecule has 35 heavy (non-hydrogen) atoms. The molecule has 10 heteroatoms. The largest absolute Gasteiger partial charge is 0.336 e. The number of rotatable bonds is 3. The Bertz CT molecular complexity index is 1630. The van der Waals surface area contributed by atoms with Gasteiger partial charge in [0.2, 0.25) is 10.0 Å². The van der Waals surface area contributed by atoms with Crippen LogP contribution in [-0.4, -0.2) is 64.3 Å². The summed E-state index contributed by atoms with van der Waals surface area (Å²) in [6, 6.07) is 12.5. The van der Waals surface area contributed by atoms with Gasteiger partial charge in [0.05, 0.1) is 22.0 Å². The number of piperazine rings is 1. The molecule has 1 fully saturated rings. The van der Waals surface area contributed by atoms with Gasteiger partial charge in [-0.2, -0.15) is 9.40 Å². The topological polar surface area (TPSA) is 108 Å². The van der Waals surface area contributed by atoms with Crippen molar-refractivity contribution in [1.82, 2.24) is 23.8 Å². The summed E-state index contributed by atoms with van der Waals surface area (Å²) < 4.78 is 29.6. The zero-order valence-electron chi connectivity index (χ0n) is 19.1. The van der Waals surface area contributed by atoms with E-state index >= 15 is 0 Å². The molecule has 1 saturated heterocycles. The van der Waals surface area contributed by atoms with E-state index < -0.39 is 10.0 Å². The summed E-state index contributed by atoms with van der Waals surface area (Å²) in [7, 11) is -3.63. The number of aryl methyl sites for hydroxylation is 2. The number of hydrogen-bond acceptors (Lipinski definition) is 5. The molecular weight excluding hydrogens is 466 g/mol. The van der Waals surface area contributed by atoms with Crippen molar-refractivity contribution in [1.29, 1.82) is 0 Å². The quantitative estimate of drug-likeness (QED) is 0.473. The fraction of sp³-hybridized carbons (Fsp3) is 0.320. The lowest BCUT2D eigenvalue weighted by atomic mass is 9.92. The number of H-pyrrole nitrogens is 1. The first kappa shape index (κ1) is 22.0. The van der Waals surface area contributed by atoms with Crippen LogP contribution in [0.25, 0.3) is 16.6 Å². The van der Waals surface area contributed by atoms with Crippen molar-refractivity contribution < 1.29 is 13.2 Å². The van der Waals surface area contributed by atoms with E-state index in [0.29, 0.717) is 27.0 Å². The van der Waals surface area contributed by atoms with E-state index in [-0.39, 0.29) is 37.6 Å². The maximum absolute atomic E-state index is 13.3. The second-order valence-corrected chi connectivity index (χ2v) is 11.1. The lowest BCUT2D eigenvalue weighted by Gasteiger charge is -2.34. The van der Waals surface area contributed by atoms with Crippen LogP contribution < -0.4 is 5.56 Å². The molecule has 0 radical (unpaired) electrons. The third kappa shape index (κ3) is 3.64. The molecule has 1 N–H and O–H groups in total. The van der Waals surface area contributed by atoms with Gasteiger partial charge in [-0.3, -0.25) is 9.59 Å². The average Bonchev–Trinajstić information content (AvgIpc) is 3.32. The Labute approximate surface area is 202 Å². The molecule has 2 aromatic carbocycles. The van der Waals surface area contributed by atoms with Gasteiger partial charge in [-0.15, -0.1) is 0 Å². The molecule has 0 unspecified atom stereocenters. The number of amides is 1. The van der Waals surface area contributed by atoms with Gasteiger partial charge < -0.3 is 9.88 Å². The minimum Gasteiger partial charge on any atom is -0.336 e. The summed E-state index contributed by atoms with van der Waals surface area (Å²) in [5.74, 6) is -0.281. The molecular formula is C25H25N5O4S. The van der Waals surface area contributed by atoms with Crippen LogP contribution in [0.3, 0.4) is 0 Å². The minimum absolute atomic E-state index is 0.212. The number of hydrogen-bond donors (Lipinski definition) is 1. The van der Waals surface area contributed by atoms with Crippen molar-refractivity contribution in [3.8, 4) is 0 Å². The number of benzene rings is 2. The van der Waals surface area contributed by atoms with E-state index in [9.17, 15) is 18.0 Å². The van der Waals surface area contributed by atoms with Crippen molar-refractivity contribution in [3.63, 3.8) is 0 Å². The Morgan fingerprint density at radius 2 is 1.69 bits per heavy atom. The van der Waals surface area contributed by atoms with Gasteiger partial charge >= 0.3 is 0 Å². The van der Waals surface area contributed by atoms with Crippen molar-refractivity contribution >= 4 is 32.5 Å². The first-order valence-electron chi connectivity index (χ1n) is 11.8. The van der Waals surface area contributed by atoms with Crippen LogP contribution in [0.4, 0.5) is 0 Å². The van der Waals surface area contributed by atoms with E-state index in [2.05, 4.69) is 10.1 Å². The van der Waals surface area contributed by atoms with Gasteiger partial charge in [-0.25, -0.2) is 12.9 Å². The Morgan fingerprint density at radius 3 is 2.49 bits per heavy atom. The van der Waals surface area contributed by atoms with Crippen LogP contribution >= 0.6 is 0 Å². The highest BCUT2D eigenvalue weighted by Crippen LogP contribution is 2.26. The standard InChI is InChI=1S/C25H25N5O4S/c31-24-20-7-3-4-8-22(20)30-23(27-24)21(16-26-30)25(32)28-11-13-29(14-12-28)35(33,34)19-10-9-17-5-1-2-6-18(17)15-19/h3-4,7-10,15-16H,1-2,5-6,11-14H2,(H,27,31). The number of nitrogens with zero attached hydrogens (tertiary/aromatic N) is 4. The zero-order chi connectivity index (χ0) is 24.2. The van der Waals surface area contributed by atoms with Gasteiger partial charge in [0.25, 0.3) is 11.5 Å². The molecule has 0 spiro atoms. The second-order valence-electron chi connectivity index (χ2n) is 9.12. The lowest BCUT2D eigenvalue weighted by Crippen LogP contribution is -2.50. The third-order valence-electron chi connectivity index (χ3n) is 7.09. The second kappa shape index (κ2) is 8.31. The van der Waals surface area contributed by atoms with Crippen LogP contribution in [0.15, 0.2) is 58.4 Å². The predicted molar refractivity (Wildman–Crippen MR) is 131 cm³/mol. The van der Waals surface area contributed by atoms with Crippen LogP contribution in [0, 0.1) is 0 Å². The van der Waals surface area contributed by atoms with Crippen LogP contribution in [0.1, 0.15) is 34.3 Å². The maximum Gasteiger partial charge on any atom is 0.259 e. The SMILES string of the molecule is O=C(c1cnn2c1[nH]c(=O)c1ccccc12)N1CCN(S(=O)(=O)c2ccc3c(c2)CCCC3)CC1. The third-order valence-corrected chi connectivity index (χ3v) is 8.99. The number of sulfonamides is 1. The smallest absolute Gasteiger partial charge is 0.259 e. The Kier molecular flexibility index (Phi) is 5.23. The van der Waals surface area contributed by atoms with Gasteiger partial charge in [0.15, 0.2) is 0 Å². The Balaban J connectivity index is 1.22. The van der Waals surface area contributed by atoms with Gasteiger partial charge in [0, 0.05) is 26.2 Å². The highest BCUT2D eigenvalue weighted by atomic mass is 32.2. The molecule has 1 amide bonds. The van der Waals surface area contributed by atoms with Crippen LogP contribution in [0.5, 0.6) is 0 Å². The maximum atomic E-state index is 13.3. The number of carbonyl (C=O) groups excluding carboxylic acids is 1. The number of para-hydroxylation sites is 1. The summed E-state index contributed by atoms with van der Waals surface area (Å²) in [5, 5.41) is 4.81. The number of fused-ring (bicyclic) bond motifs is 4. The van der Waals surface area contributed by atoms with Crippen molar-refractivity contribution in [3.05, 3.63) is 75.7 Å². The fourth-order valence-corrected chi connectivity index (χ4v) is 6.63. The molecule has 4 aromatic rings. The molecule has 6 rings (SSSR count). The molecule has 1 aliphatic carbocycles. The van der Waals surface area contributed by atoms with E-state index in [1.165, 1.54) is 16.1 Å². The Morgan fingerprint density at radius 1 is 0.943 bits per heavy atom. The summed E-state index contributed by atoms with van der Waals surface area (Å²) in [6.45, 7) is 0.948. The number of aromatic amines is 1. The van der Waals surface area contributed by atoms with Crippen LogP contribution in [0.2, 0.25) is 0 Å². The highest BCUT2D eigenvalue weighted by Gasteiger charge is 2.32. The van der Waals surface area contributed by atoms with Crippen molar-refractivity contribution in [2.45, 2.75) is 30.6 Å². The molecule has 0 bridgehead atoms. The first-order chi connectivity index (χ1) is 16.9. The summed E-state index contributed by atoms with van der Waals surface area (Å²) in [5.41, 5.74) is 3.32. The molecule has 2 aromatic heterocycles. The van der Waals surface area contributed by atoms with Crippen molar-refractivity contribution in [2.24, 2.45) is 0 Å².